The third-order valence-corrected chi connectivity index (χ3v) is 5.92. The Hall–Kier alpha value is -2.72. The minimum atomic E-state index is -0.968. The van der Waals surface area contributed by atoms with Crippen LogP contribution >= 0.6 is 0 Å². The molecular weight excluding hydrogens is 431 g/mol. The second kappa shape index (κ2) is 10.9. The van der Waals surface area contributed by atoms with Gasteiger partial charge >= 0.3 is 0 Å². The van der Waals surface area contributed by atoms with Gasteiger partial charge in [0.1, 0.15) is 25.5 Å². The number of likely N-dealkylation sites (tertiary alicyclic amines) is 1. The van der Waals surface area contributed by atoms with Gasteiger partial charge in [-0.15, -0.1) is 0 Å². The number of nitrogens with zero attached hydrogens (tertiary/aromatic N) is 3. The first-order valence-corrected chi connectivity index (χ1v) is 11.5. The molecule has 1 aromatic carbocycles. The zero-order valence-corrected chi connectivity index (χ0v) is 18.8. The van der Waals surface area contributed by atoms with Gasteiger partial charge in [-0.05, 0) is 43.9 Å². The summed E-state index contributed by atoms with van der Waals surface area (Å²) in [6.07, 6.45) is 0.935. The van der Waals surface area contributed by atoms with Crippen LogP contribution in [-0.2, 0) is 11.2 Å². The van der Waals surface area contributed by atoms with Crippen LogP contribution < -0.4 is 14.8 Å². The zero-order chi connectivity index (χ0) is 23.2. The lowest BCUT2D eigenvalue weighted by Gasteiger charge is -2.29. The number of amides is 1. The van der Waals surface area contributed by atoms with Crippen LogP contribution in [0.15, 0.2) is 22.7 Å². The highest BCUT2D eigenvalue weighted by atomic mass is 19.1. The first-order valence-electron chi connectivity index (χ1n) is 11.5. The molecule has 3 atom stereocenters. The second-order valence-electron chi connectivity index (χ2n) is 8.61. The molecule has 0 bridgehead atoms. The van der Waals surface area contributed by atoms with Gasteiger partial charge in [0.2, 0.25) is 11.8 Å². The summed E-state index contributed by atoms with van der Waals surface area (Å²) >= 11 is 0. The van der Waals surface area contributed by atoms with Gasteiger partial charge in [0.25, 0.3) is 0 Å². The van der Waals surface area contributed by atoms with E-state index in [1.165, 1.54) is 0 Å². The molecule has 0 radical (unpaired) electrons. The van der Waals surface area contributed by atoms with Gasteiger partial charge in [-0.1, -0.05) is 11.2 Å². The Morgan fingerprint density at radius 3 is 2.85 bits per heavy atom. The van der Waals surface area contributed by atoms with Crippen molar-refractivity contribution in [2.24, 2.45) is 0 Å². The van der Waals surface area contributed by atoms with Crippen LogP contribution in [0.1, 0.15) is 49.1 Å². The molecule has 1 aromatic heterocycles. The van der Waals surface area contributed by atoms with Crippen molar-refractivity contribution in [3.63, 3.8) is 0 Å². The number of rotatable bonds is 10. The van der Waals surface area contributed by atoms with Crippen molar-refractivity contribution >= 4 is 5.91 Å². The molecule has 9 nitrogen and oxygen atoms in total. The Morgan fingerprint density at radius 2 is 2.12 bits per heavy atom. The van der Waals surface area contributed by atoms with Gasteiger partial charge in [-0.3, -0.25) is 9.69 Å². The fourth-order valence-electron chi connectivity index (χ4n) is 4.21. The van der Waals surface area contributed by atoms with Gasteiger partial charge in [0.05, 0.1) is 6.04 Å². The average Bonchev–Trinajstić information content (AvgIpc) is 3.42. The van der Waals surface area contributed by atoms with E-state index in [0.29, 0.717) is 87.3 Å². The van der Waals surface area contributed by atoms with E-state index < -0.39 is 18.3 Å². The molecule has 2 aliphatic rings. The molecule has 180 valence electrons. The number of carbonyl (C=O) groups is 1. The van der Waals surface area contributed by atoms with E-state index in [4.69, 9.17) is 14.0 Å². The summed E-state index contributed by atoms with van der Waals surface area (Å²) in [5, 5.41) is 17.8. The lowest BCUT2D eigenvalue weighted by molar-refractivity contribution is -0.123. The maximum atomic E-state index is 13.7. The van der Waals surface area contributed by atoms with Crippen molar-refractivity contribution in [2.45, 2.75) is 57.3 Å². The molecule has 4 rings (SSSR count). The topological polar surface area (TPSA) is 110 Å². The fourth-order valence-corrected chi connectivity index (χ4v) is 4.21. The van der Waals surface area contributed by atoms with E-state index in [-0.39, 0.29) is 5.91 Å². The molecule has 1 amide bonds. The number of aryl methyl sites for hydroxylation is 2. The van der Waals surface area contributed by atoms with Crippen LogP contribution in [-0.4, -0.2) is 71.1 Å². The molecule has 33 heavy (non-hydrogen) atoms. The molecule has 0 aliphatic carbocycles. The summed E-state index contributed by atoms with van der Waals surface area (Å²) in [6, 6.07) is 4.70. The van der Waals surface area contributed by atoms with E-state index in [1.54, 1.807) is 25.1 Å². The van der Waals surface area contributed by atoms with E-state index in [0.717, 1.165) is 6.42 Å². The zero-order valence-electron chi connectivity index (χ0n) is 18.8. The molecule has 1 saturated heterocycles. The summed E-state index contributed by atoms with van der Waals surface area (Å²) < 4.78 is 30.0. The molecule has 10 heteroatoms. The number of benzene rings is 1. The molecule has 2 aliphatic heterocycles. The normalized spacial score (nSPS) is 19.9. The number of fused-ring (bicyclic) bond motifs is 1. The maximum Gasteiger partial charge on any atom is 0.226 e. The monoisotopic (exact) mass is 462 g/mol. The highest BCUT2D eigenvalue weighted by molar-refractivity contribution is 5.76. The van der Waals surface area contributed by atoms with E-state index in [2.05, 4.69) is 15.5 Å². The minimum Gasteiger partial charge on any atom is -0.486 e. The van der Waals surface area contributed by atoms with Gasteiger partial charge in [-0.2, -0.15) is 4.98 Å². The Morgan fingerprint density at radius 1 is 1.30 bits per heavy atom. The number of hydrogen-bond donors (Lipinski definition) is 2. The molecule has 2 N–H and O–H groups in total. The van der Waals surface area contributed by atoms with E-state index >= 15 is 0 Å². The third kappa shape index (κ3) is 6.42. The van der Waals surface area contributed by atoms with Crippen LogP contribution in [0.2, 0.25) is 0 Å². The van der Waals surface area contributed by atoms with Crippen molar-refractivity contribution in [1.29, 1.82) is 0 Å². The number of hydrogen-bond acceptors (Lipinski definition) is 8. The number of unbranched alkanes of at least 4 members (excludes halogenated alkanes) is 1. The number of aliphatic hydroxyl groups is 1. The third-order valence-electron chi connectivity index (χ3n) is 5.92. The molecule has 2 aromatic rings. The van der Waals surface area contributed by atoms with Gasteiger partial charge in [-0.25, -0.2) is 4.39 Å². The summed E-state index contributed by atoms with van der Waals surface area (Å²) in [7, 11) is 0. The Labute approximate surface area is 192 Å². The van der Waals surface area contributed by atoms with Crippen molar-refractivity contribution in [1.82, 2.24) is 20.4 Å². The van der Waals surface area contributed by atoms with Crippen LogP contribution in [0.5, 0.6) is 11.5 Å². The standard InChI is InChI=1S/C23H31FN4O5/c1-15-25-22(33-27-15)5-3-2-4-21(29)26-18(14-28-9-8-17(24)13-28)23(30)16-6-7-19-20(12-16)32-11-10-31-19/h6-7,12,17-18,23,30H,2-5,8-11,13-14H2,1H3,(H,26,29)/t17-,18-,23-/m1/s1. The Kier molecular flexibility index (Phi) is 7.77. The Bertz CT molecular complexity index is 939. The van der Waals surface area contributed by atoms with Crippen molar-refractivity contribution in [2.75, 3.05) is 32.8 Å². The number of aromatic nitrogens is 2. The predicted molar refractivity (Wildman–Crippen MR) is 117 cm³/mol. The highest BCUT2D eigenvalue weighted by Gasteiger charge is 2.30. The first kappa shape index (κ1) is 23.4. The smallest absolute Gasteiger partial charge is 0.226 e. The van der Waals surface area contributed by atoms with Crippen LogP contribution in [0, 0.1) is 6.92 Å². The lowest BCUT2D eigenvalue weighted by Crippen LogP contribution is -2.46. The summed E-state index contributed by atoms with van der Waals surface area (Å²) in [5.41, 5.74) is 0.618. The van der Waals surface area contributed by atoms with Crippen molar-refractivity contribution in [3.05, 3.63) is 35.5 Å². The largest absolute Gasteiger partial charge is 0.486 e. The minimum absolute atomic E-state index is 0.158. The summed E-state index contributed by atoms with van der Waals surface area (Å²) in [4.78, 5) is 18.8. The van der Waals surface area contributed by atoms with Gasteiger partial charge in [0.15, 0.2) is 17.3 Å². The molecular formula is C23H31FN4O5. The highest BCUT2D eigenvalue weighted by Crippen LogP contribution is 2.33. The lowest BCUT2D eigenvalue weighted by atomic mass is 10.0. The fraction of sp³-hybridized carbons (Fsp3) is 0.609. The first-order chi connectivity index (χ1) is 16.0. The van der Waals surface area contributed by atoms with Crippen molar-refractivity contribution in [3.8, 4) is 11.5 Å². The molecule has 1 fully saturated rings. The van der Waals surface area contributed by atoms with Crippen molar-refractivity contribution < 1.29 is 28.3 Å². The average molecular weight is 463 g/mol. The van der Waals surface area contributed by atoms with E-state index in [1.807, 2.05) is 4.90 Å². The van der Waals surface area contributed by atoms with Crippen LogP contribution in [0.25, 0.3) is 0 Å². The number of halogens is 1. The van der Waals surface area contributed by atoms with Gasteiger partial charge < -0.3 is 24.4 Å². The number of aliphatic hydroxyl groups excluding tert-OH is 1. The number of carbonyl (C=O) groups excluding carboxylic acids is 1. The maximum absolute atomic E-state index is 13.7. The quantitative estimate of drug-likeness (QED) is 0.517. The van der Waals surface area contributed by atoms with Crippen LogP contribution in [0.4, 0.5) is 4.39 Å². The van der Waals surface area contributed by atoms with Gasteiger partial charge in [0, 0.05) is 32.5 Å². The molecule has 0 unspecified atom stereocenters. The number of nitrogens with one attached hydrogen (secondary N) is 1. The summed E-state index contributed by atoms with van der Waals surface area (Å²) in [5.74, 6) is 2.21. The number of alkyl halides is 1. The number of ether oxygens (including phenoxy) is 2. The van der Waals surface area contributed by atoms with E-state index in [9.17, 15) is 14.3 Å². The second-order valence-corrected chi connectivity index (χ2v) is 8.61. The predicted octanol–water partition coefficient (Wildman–Crippen LogP) is 2.12. The molecule has 3 heterocycles. The molecule has 0 spiro atoms. The SMILES string of the molecule is Cc1noc(CCCCC(=O)N[C@H](CN2CC[C@@H](F)C2)[C@H](O)c2ccc3c(c2)OCCO3)n1. The molecule has 0 saturated carbocycles. The van der Waals surface area contributed by atoms with Crippen LogP contribution in [0.3, 0.4) is 0 Å². The Balaban J connectivity index is 1.35. The summed E-state index contributed by atoms with van der Waals surface area (Å²) in [6.45, 7) is 3.97.